The molecule has 2 aromatic heterocycles. The van der Waals surface area contributed by atoms with Crippen LogP contribution in [0.4, 0.5) is 0 Å². The predicted molar refractivity (Wildman–Crippen MR) is 128 cm³/mol. The van der Waals surface area contributed by atoms with Crippen LogP contribution in [0.15, 0.2) is 101 Å². The highest BCUT2D eigenvalue weighted by molar-refractivity contribution is 6.28. The van der Waals surface area contributed by atoms with Crippen molar-refractivity contribution in [2.75, 3.05) is 0 Å². The molecule has 0 aliphatic heterocycles. The first-order valence-corrected chi connectivity index (χ1v) is 10.6. The van der Waals surface area contributed by atoms with Crippen LogP contribution in [0.2, 0.25) is 5.28 Å². The third kappa shape index (κ3) is 3.22. The summed E-state index contributed by atoms with van der Waals surface area (Å²) in [6, 6.07) is 32.2. The standard InChI is InChI=1S/C27H16ClN3O/c28-27-30-25(18-7-2-1-3-8-18)29-26(31-27)19-15-13-17(14-16-19)20-10-6-12-23-24(20)21-9-4-5-11-22(21)32-23/h1-16H. The van der Waals surface area contributed by atoms with E-state index in [0.29, 0.717) is 11.6 Å². The summed E-state index contributed by atoms with van der Waals surface area (Å²) in [6.07, 6.45) is 0. The first kappa shape index (κ1) is 18.7. The first-order valence-electron chi connectivity index (χ1n) is 10.2. The molecule has 0 N–H and O–H groups in total. The monoisotopic (exact) mass is 433 g/mol. The van der Waals surface area contributed by atoms with Gasteiger partial charge in [0.1, 0.15) is 11.2 Å². The normalized spacial score (nSPS) is 11.3. The van der Waals surface area contributed by atoms with E-state index in [2.05, 4.69) is 39.2 Å². The Hall–Kier alpha value is -4.02. The Bertz CT molecular complexity index is 1570. The van der Waals surface area contributed by atoms with E-state index in [4.69, 9.17) is 16.0 Å². The summed E-state index contributed by atoms with van der Waals surface area (Å²) in [5.41, 5.74) is 5.75. The second kappa shape index (κ2) is 7.59. The average Bonchev–Trinajstić information content (AvgIpc) is 3.23. The number of nitrogens with zero attached hydrogens (tertiary/aromatic N) is 3. The van der Waals surface area contributed by atoms with Gasteiger partial charge in [0, 0.05) is 21.9 Å². The lowest BCUT2D eigenvalue weighted by molar-refractivity contribution is 0.669. The van der Waals surface area contributed by atoms with Gasteiger partial charge in [0.05, 0.1) is 0 Å². The van der Waals surface area contributed by atoms with Crippen molar-refractivity contribution in [1.29, 1.82) is 0 Å². The van der Waals surface area contributed by atoms with Gasteiger partial charge in [-0.25, -0.2) is 4.98 Å². The highest BCUT2D eigenvalue weighted by Gasteiger charge is 2.13. The van der Waals surface area contributed by atoms with Crippen LogP contribution in [0.1, 0.15) is 0 Å². The van der Waals surface area contributed by atoms with E-state index >= 15 is 0 Å². The van der Waals surface area contributed by atoms with Crippen molar-refractivity contribution in [3.05, 3.63) is 102 Å². The lowest BCUT2D eigenvalue weighted by Gasteiger charge is -2.07. The fourth-order valence-corrected chi connectivity index (χ4v) is 4.17. The van der Waals surface area contributed by atoms with E-state index in [1.165, 1.54) is 0 Å². The molecule has 32 heavy (non-hydrogen) atoms. The van der Waals surface area contributed by atoms with E-state index in [1.807, 2.05) is 72.8 Å². The largest absolute Gasteiger partial charge is 0.456 e. The van der Waals surface area contributed by atoms with Gasteiger partial charge < -0.3 is 4.42 Å². The lowest BCUT2D eigenvalue weighted by Crippen LogP contribution is -1.97. The number of furan rings is 1. The summed E-state index contributed by atoms with van der Waals surface area (Å²) >= 11 is 6.21. The summed E-state index contributed by atoms with van der Waals surface area (Å²) in [5.74, 6) is 1.10. The van der Waals surface area contributed by atoms with Crippen molar-refractivity contribution in [1.82, 2.24) is 15.0 Å². The quantitative estimate of drug-likeness (QED) is 0.291. The number of hydrogen-bond acceptors (Lipinski definition) is 4. The molecule has 0 radical (unpaired) electrons. The maximum absolute atomic E-state index is 6.21. The lowest BCUT2D eigenvalue weighted by atomic mass is 9.98. The minimum atomic E-state index is 0.174. The second-order valence-corrected chi connectivity index (χ2v) is 7.81. The molecule has 0 aliphatic carbocycles. The van der Waals surface area contributed by atoms with Gasteiger partial charge >= 0.3 is 0 Å². The maximum Gasteiger partial charge on any atom is 0.226 e. The van der Waals surface area contributed by atoms with Crippen molar-refractivity contribution in [3.63, 3.8) is 0 Å². The van der Waals surface area contributed by atoms with Crippen LogP contribution in [0.3, 0.4) is 0 Å². The van der Waals surface area contributed by atoms with Crippen molar-refractivity contribution in [3.8, 4) is 33.9 Å². The van der Waals surface area contributed by atoms with Gasteiger partial charge in [-0.05, 0) is 34.9 Å². The Labute approximate surface area is 189 Å². The van der Waals surface area contributed by atoms with Gasteiger partial charge in [0.25, 0.3) is 0 Å². The maximum atomic E-state index is 6.21. The Balaban J connectivity index is 1.44. The molecule has 0 saturated carbocycles. The van der Waals surface area contributed by atoms with Gasteiger partial charge in [-0.3, -0.25) is 0 Å². The Morgan fingerprint density at radius 1 is 0.531 bits per heavy atom. The van der Waals surface area contributed by atoms with Crippen molar-refractivity contribution in [2.24, 2.45) is 0 Å². The topological polar surface area (TPSA) is 51.8 Å². The van der Waals surface area contributed by atoms with Gasteiger partial charge in [-0.1, -0.05) is 84.9 Å². The molecule has 0 saturated heterocycles. The van der Waals surface area contributed by atoms with Crippen LogP contribution < -0.4 is 0 Å². The Morgan fingerprint density at radius 3 is 1.94 bits per heavy atom. The molecule has 0 fully saturated rings. The zero-order chi connectivity index (χ0) is 21.5. The average molecular weight is 434 g/mol. The molecule has 152 valence electrons. The molecule has 6 aromatic rings. The van der Waals surface area contributed by atoms with Gasteiger partial charge in [-0.15, -0.1) is 0 Å². The summed E-state index contributed by atoms with van der Waals surface area (Å²) < 4.78 is 6.03. The molecule has 0 atom stereocenters. The first-order chi connectivity index (χ1) is 15.8. The highest BCUT2D eigenvalue weighted by Crippen LogP contribution is 2.37. The second-order valence-electron chi connectivity index (χ2n) is 7.47. The van der Waals surface area contributed by atoms with Crippen LogP contribution in [0.25, 0.3) is 55.8 Å². The molecular formula is C27H16ClN3O. The van der Waals surface area contributed by atoms with Crippen LogP contribution >= 0.6 is 11.6 Å². The van der Waals surface area contributed by atoms with E-state index < -0.39 is 0 Å². The number of benzene rings is 4. The molecule has 0 aliphatic rings. The number of hydrogen-bond donors (Lipinski definition) is 0. The number of rotatable bonds is 3. The zero-order valence-corrected chi connectivity index (χ0v) is 17.6. The molecule has 4 aromatic carbocycles. The van der Waals surface area contributed by atoms with E-state index in [0.717, 1.165) is 44.2 Å². The molecule has 4 nitrogen and oxygen atoms in total. The van der Waals surface area contributed by atoms with Crippen LogP contribution in [0.5, 0.6) is 0 Å². The van der Waals surface area contributed by atoms with Crippen molar-refractivity contribution >= 4 is 33.5 Å². The molecule has 0 bridgehead atoms. The molecule has 6 rings (SSSR count). The summed E-state index contributed by atoms with van der Waals surface area (Å²) in [4.78, 5) is 13.3. The third-order valence-corrected chi connectivity index (χ3v) is 5.67. The Morgan fingerprint density at radius 2 is 1.16 bits per heavy atom. The highest BCUT2D eigenvalue weighted by atomic mass is 35.5. The fourth-order valence-electron chi connectivity index (χ4n) is 4.01. The summed E-state index contributed by atoms with van der Waals surface area (Å²) in [6.45, 7) is 0. The molecule has 2 heterocycles. The van der Waals surface area contributed by atoms with Crippen LogP contribution in [0, 0.1) is 0 Å². The summed E-state index contributed by atoms with van der Waals surface area (Å²) in [7, 11) is 0. The zero-order valence-electron chi connectivity index (χ0n) is 16.9. The number of para-hydroxylation sites is 1. The van der Waals surface area contributed by atoms with E-state index in [-0.39, 0.29) is 5.28 Å². The van der Waals surface area contributed by atoms with Crippen LogP contribution in [-0.2, 0) is 0 Å². The SMILES string of the molecule is Clc1nc(-c2ccccc2)nc(-c2ccc(-c3cccc4oc5ccccc5c34)cc2)n1. The van der Waals surface area contributed by atoms with Crippen molar-refractivity contribution in [2.45, 2.75) is 0 Å². The number of fused-ring (bicyclic) bond motifs is 3. The van der Waals surface area contributed by atoms with Gasteiger partial charge in [0.15, 0.2) is 11.6 Å². The van der Waals surface area contributed by atoms with Crippen LogP contribution in [-0.4, -0.2) is 15.0 Å². The number of halogens is 1. The smallest absolute Gasteiger partial charge is 0.226 e. The molecular weight excluding hydrogens is 418 g/mol. The fraction of sp³-hybridized carbons (Fsp3) is 0. The minimum Gasteiger partial charge on any atom is -0.456 e. The van der Waals surface area contributed by atoms with Gasteiger partial charge in [0.2, 0.25) is 5.28 Å². The molecule has 0 amide bonds. The molecule has 0 unspecified atom stereocenters. The van der Waals surface area contributed by atoms with E-state index in [1.54, 1.807) is 0 Å². The van der Waals surface area contributed by atoms with E-state index in [9.17, 15) is 0 Å². The molecule has 0 spiro atoms. The predicted octanol–water partition coefficient (Wildman–Crippen LogP) is 7.43. The van der Waals surface area contributed by atoms with Crippen molar-refractivity contribution < 1.29 is 4.42 Å². The van der Waals surface area contributed by atoms with Gasteiger partial charge in [-0.2, -0.15) is 9.97 Å². The minimum absolute atomic E-state index is 0.174. The number of aromatic nitrogens is 3. The molecule has 5 heteroatoms. The summed E-state index contributed by atoms with van der Waals surface area (Å²) in [5, 5.41) is 2.40. The Kier molecular flexibility index (Phi) is 4.44. The third-order valence-electron chi connectivity index (χ3n) is 5.50.